The summed E-state index contributed by atoms with van der Waals surface area (Å²) in [5, 5.41) is 0. The monoisotopic (exact) mass is 254 g/mol. The molecule has 1 aromatic heterocycles. The van der Waals surface area contributed by atoms with E-state index in [1.807, 2.05) is 34.6 Å². The lowest BCUT2D eigenvalue weighted by Crippen LogP contribution is -2.13. The van der Waals surface area contributed by atoms with E-state index in [9.17, 15) is 0 Å². The third kappa shape index (κ3) is 13.1. The molecule has 1 fully saturated rings. The summed E-state index contributed by atoms with van der Waals surface area (Å²) in [7, 11) is 0. The van der Waals surface area contributed by atoms with Crippen LogP contribution in [0.15, 0.2) is 18.5 Å². The zero-order valence-corrected chi connectivity index (χ0v) is 12.9. The lowest BCUT2D eigenvalue weighted by atomic mass is 10.1. The molecule has 2 rings (SSSR count). The van der Waals surface area contributed by atoms with E-state index in [0.29, 0.717) is 0 Å². The SMILES string of the molecule is CC.CC.CC1CCCOC1.Cc1ncccn1. The lowest BCUT2D eigenvalue weighted by Gasteiger charge is -2.16. The van der Waals surface area contributed by atoms with Gasteiger partial charge in [-0.2, -0.15) is 0 Å². The summed E-state index contributed by atoms with van der Waals surface area (Å²) in [5.41, 5.74) is 0. The predicted octanol–water partition coefficient (Wildman–Crippen LogP) is 4.27. The highest BCUT2D eigenvalue weighted by atomic mass is 16.5. The van der Waals surface area contributed by atoms with Crippen molar-refractivity contribution in [1.82, 2.24) is 9.97 Å². The molecule has 0 spiro atoms. The van der Waals surface area contributed by atoms with Gasteiger partial charge in [-0.1, -0.05) is 34.6 Å². The molecule has 0 radical (unpaired) electrons. The molecular weight excluding hydrogens is 224 g/mol. The van der Waals surface area contributed by atoms with Crippen LogP contribution in [0.5, 0.6) is 0 Å². The highest BCUT2D eigenvalue weighted by molar-refractivity contribution is 4.83. The van der Waals surface area contributed by atoms with Crippen LogP contribution in [0.3, 0.4) is 0 Å². The standard InChI is InChI=1S/C6H12O.C5H6N2.2C2H6/c1-6-3-2-4-7-5-6;1-5-6-3-2-4-7-5;2*1-2/h6H,2-5H2,1H3;2-4H,1H3;2*1-2H3. The van der Waals surface area contributed by atoms with Gasteiger partial charge in [0.2, 0.25) is 0 Å². The normalized spacial score (nSPS) is 16.9. The molecule has 1 atom stereocenters. The number of aromatic nitrogens is 2. The minimum absolute atomic E-state index is 0.814. The van der Waals surface area contributed by atoms with Crippen LogP contribution in [-0.4, -0.2) is 23.2 Å². The van der Waals surface area contributed by atoms with Crippen molar-refractivity contribution in [2.45, 2.75) is 54.4 Å². The number of hydrogen-bond acceptors (Lipinski definition) is 3. The largest absolute Gasteiger partial charge is 0.381 e. The van der Waals surface area contributed by atoms with Crippen LogP contribution in [-0.2, 0) is 4.74 Å². The van der Waals surface area contributed by atoms with Gasteiger partial charge in [0.1, 0.15) is 5.82 Å². The van der Waals surface area contributed by atoms with Crippen molar-refractivity contribution in [3.8, 4) is 0 Å². The van der Waals surface area contributed by atoms with Crippen LogP contribution >= 0.6 is 0 Å². The van der Waals surface area contributed by atoms with E-state index in [-0.39, 0.29) is 0 Å². The molecule has 1 aromatic rings. The average Bonchev–Trinajstić information content (AvgIpc) is 2.46. The molecule has 1 aliphatic heterocycles. The Kier molecular flexibility index (Phi) is 17.3. The van der Waals surface area contributed by atoms with Gasteiger partial charge in [-0.3, -0.25) is 0 Å². The minimum Gasteiger partial charge on any atom is -0.381 e. The molecule has 0 amide bonds. The van der Waals surface area contributed by atoms with E-state index in [1.54, 1.807) is 18.5 Å². The van der Waals surface area contributed by atoms with Crippen LogP contribution in [0.2, 0.25) is 0 Å². The van der Waals surface area contributed by atoms with E-state index in [1.165, 1.54) is 12.8 Å². The summed E-state index contributed by atoms with van der Waals surface area (Å²) in [6, 6.07) is 1.80. The van der Waals surface area contributed by atoms with Crippen molar-refractivity contribution in [2.75, 3.05) is 13.2 Å². The van der Waals surface area contributed by atoms with Crippen molar-refractivity contribution < 1.29 is 4.74 Å². The molecule has 3 nitrogen and oxygen atoms in total. The third-order valence-corrected chi connectivity index (χ3v) is 2.08. The lowest BCUT2D eigenvalue weighted by molar-refractivity contribution is 0.0616. The molecule has 3 heteroatoms. The van der Waals surface area contributed by atoms with E-state index in [2.05, 4.69) is 16.9 Å². The number of ether oxygens (including phenoxy) is 1. The van der Waals surface area contributed by atoms with E-state index in [4.69, 9.17) is 4.74 Å². The number of hydrogen-bond donors (Lipinski definition) is 0. The number of aryl methyl sites for hydroxylation is 1. The van der Waals surface area contributed by atoms with Gasteiger partial charge >= 0.3 is 0 Å². The first-order valence-electron chi connectivity index (χ1n) is 7.10. The maximum atomic E-state index is 5.18. The van der Waals surface area contributed by atoms with Crippen LogP contribution in [0.1, 0.15) is 53.3 Å². The Hall–Kier alpha value is -0.960. The van der Waals surface area contributed by atoms with Crippen molar-refractivity contribution in [2.24, 2.45) is 5.92 Å². The summed E-state index contributed by atoms with van der Waals surface area (Å²) in [6.45, 7) is 14.1. The second kappa shape index (κ2) is 16.0. The zero-order valence-electron chi connectivity index (χ0n) is 12.9. The van der Waals surface area contributed by atoms with Crippen LogP contribution in [0.25, 0.3) is 0 Å². The zero-order chi connectivity index (χ0) is 14.2. The van der Waals surface area contributed by atoms with Crippen molar-refractivity contribution in [3.05, 3.63) is 24.3 Å². The highest BCUT2D eigenvalue weighted by Crippen LogP contribution is 2.10. The molecule has 0 N–H and O–H groups in total. The molecule has 0 aromatic carbocycles. The quantitative estimate of drug-likeness (QED) is 0.693. The van der Waals surface area contributed by atoms with Crippen LogP contribution in [0, 0.1) is 12.8 Å². The molecule has 1 aliphatic rings. The minimum atomic E-state index is 0.814. The fourth-order valence-corrected chi connectivity index (χ4v) is 1.28. The summed E-state index contributed by atoms with van der Waals surface area (Å²) < 4.78 is 5.18. The molecule has 0 aliphatic carbocycles. The summed E-state index contributed by atoms with van der Waals surface area (Å²) >= 11 is 0. The van der Waals surface area contributed by atoms with Gasteiger partial charge in [-0.15, -0.1) is 0 Å². The molecule has 1 unspecified atom stereocenters. The van der Waals surface area contributed by atoms with Gasteiger partial charge in [-0.05, 0) is 31.7 Å². The summed E-state index contributed by atoms with van der Waals surface area (Å²) in [6.07, 6.45) is 6.08. The van der Waals surface area contributed by atoms with E-state index in [0.717, 1.165) is 25.0 Å². The third-order valence-electron chi connectivity index (χ3n) is 2.08. The van der Waals surface area contributed by atoms with Crippen LogP contribution < -0.4 is 0 Å². The molecule has 0 bridgehead atoms. The highest BCUT2D eigenvalue weighted by Gasteiger charge is 2.06. The first-order valence-corrected chi connectivity index (χ1v) is 7.10. The van der Waals surface area contributed by atoms with Crippen molar-refractivity contribution >= 4 is 0 Å². The molecule has 2 heterocycles. The topological polar surface area (TPSA) is 35.0 Å². The molecule has 0 saturated carbocycles. The first kappa shape index (κ1) is 19.4. The average molecular weight is 254 g/mol. The predicted molar refractivity (Wildman–Crippen MR) is 78.7 cm³/mol. The maximum Gasteiger partial charge on any atom is 0.125 e. The van der Waals surface area contributed by atoms with Gasteiger partial charge in [-0.25, -0.2) is 9.97 Å². The Morgan fingerprint density at radius 2 is 1.67 bits per heavy atom. The van der Waals surface area contributed by atoms with E-state index >= 15 is 0 Å². The Morgan fingerprint density at radius 1 is 1.11 bits per heavy atom. The van der Waals surface area contributed by atoms with Gasteiger partial charge in [0.15, 0.2) is 0 Å². The van der Waals surface area contributed by atoms with Gasteiger partial charge in [0.05, 0.1) is 0 Å². The second-order valence-corrected chi connectivity index (χ2v) is 3.62. The second-order valence-electron chi connectivity index (χ2n) is 3.62. The fraction of sp³-hybridized carbons (Fsp3) is 0.733. The summed E-state index contributed by atoms with van der Waals surface area (Å²) in [5.74, 6) is 1.64. The van der Waals surface area contributed by atoms with Gasteiger partial charge in [0, 0.05) is 25.6 Å². The fourth-order valence-electron chi connectivity index (χ4n) is 1.28. The smallest absolute Gasteiger partial charge is 0.125 e. The molecule has 1 saturated heterocycles. The number of rotatable bonds is 0. The first-order chi connectivity index (χ1) is 8.79. The summed E-state index contributed by atoms with van der Waals surface area (Å²) in [4.78, 5) is 7.74. The Labute approximate surface area is 113 Å². The maximum absolute atomic E-state index is 5.18. The number of nitrogens with zero attached hydrogens (tertiary/aromatic N) is 2. The molecule has 106 valence electrons. The Bertz CT molecular complexity index is 234. The van der Waals surface area contributed by atoms with Gasteiger partial charge < -0.3 is 4.74 Å². The van der Waals surface area contributed by atoms with E-state index < -0.39 is 0 Å². The van der Waals surface area contributed by atoms with Crippen molar-refractivity contribution in [3.63, 3.8) is 0 Å². The Balaban J connectivity index is 0. The van der Waals surface area contributed by atoms with Crippen molar-refractivity contribution in [1.29, 1.82) is 0 Å². The Morgan fingerprint density at radius 3 is 1.89 bits per heavy atom. The molecular formula is C15H30N2O. The molecule has 18 heavy (non-hydrogen) atoms. The van der Waals surface area contributed by atoms with Crippen LogP contribution in [0.4, 0.5) is 0 Å². The van der Waals surface area contributed by atoms with Gasteiger partial charge in [0.25, 0.3) is 0 Å².